The summed E-state index contributed by atoms with van der Waals surface area (Å²) in [4.78, 5) is 16.0. The zero-order chi connectivity index (χ0) is 14.2. The molecule has 1 aromatic heterocycles. The summed E-state index contributed by atoms with van der Waals surface area (Å²) < 4.78 is 8.07. The number of rotatable bonds is 4. The van der Waals surface area contributed by atoms with Crippen LogP contribution in [0.15, 0.2) is 24.4 Å². The van der Waals surface area contributed by atoms with Gasteiger partial charge >= 0.3 is 0 Å². The van der Waals surface area contributed by atoms with Crippen molar-refractivity contribution in [2.45, 2.75) is 44.8 Å². The summed E-state index contributed by atoms with van der Waals surface area (Å²) in [5.41, 5.74) is 2.55. The van der Waals surface area contributed by atoms with Crippen LogP contribution in [0.3, 0.4) is 0 Å². The van der Waals surface area contributed by atoms with Gasteiger partial charge in [-0.15, -0.1) is 0 Å². The van der Waals surface area contributed by atoms with Crippen molar-refractivity contribution in [1.82, 2.24) is 9.55 Å². The lowest BCUT2D eigenvalue weighted by Crippen LogP contribution is -2.25. The first-order valence-electron chi connectivity index (χ1n) is 7.66. The van der Waals surface area contributed by atoms with Gasteiger partial charge in [-0.05, 0) is 43.9 Å². The van der Waals surface area contributed by atoms with Gasteiger partial charge in [0.25, 0.3) is 0 Å². The predicted molar refractivity (Wildman–Crippen MR) is 79.6 cm³/mol. The standard InChI is InChI=1S/C17H18N2O2/c20-11-13-9-12(6-7-16(13)21-14-3-1-4-14)15-10-19-8-2-5-17(19)18-15/h6-7,9-11,14H,1-5,8H2. The molecule has 0 bridgehead atoms. The van der Waals surface area contributed by atoms with E-state index in [1.807, 2.05) is 18.2 Å². The Balaban J connectivity index is 1.64. The van der Waals surface area contributed by atoms with E-state index in [2.05, 4.69) is 15.7 Å². The van der Waals surface area contributed by atoms with Crippen LogP contribution in [0.5, 0.6) is 5.75 Å². The molecule has 2 aliphatic rings. The Labute approximate surface area is 123 Å². The zero-order valence-electron chi connectivity index (χ0n) is 11.9. The van der Waals surface area contributed by atoms with Gasteiger partial charge in [-0.2, -0.15) is 0 Å². The van der Waals surface area contributed by atoms with Crippen LogP contribution in [0.25, 0.3) is 11.3 Å². The minimum absolute atomic E-state index is 0.283. The predicted octanol–water partition coefficient (Wildman–Crippen LogP) is 3.24. The molecule has 1 aliphatic heterocycles. The highest BCUT2D eigenvalue weighted by Crippen LogP contribution is 2.30. The molecule has 1 aromatic carbocycles. The van der Waals surface area contributed by atoms with E-state index in [4.69, 9.17) is 4.74 Å². The Kier molecular flexibility index (Phi) is 3.02. The van der Waals surface area contributed by atoms with Gasteiger partial charge in [0.05, 0.1) is 17.4 Å². The van der Waals surface area contributed by atoms with Crippen molar-refractivity contribution < 1.29 is 9.53 Å². The first kappa shape index (κ1) is 12.6. The average Bonchev–Trinajstić information content (AvgIpc) is 3.04. The van der Waals surface area contributed by atoms with Crippen LogP contribution >= 0.6 is 0 Å². The van der Waals surface area contributed by atoms with Crippen LogP contribution in [0, 0.1) is 0 Å². The maximum absolute atomic E-state index is 11.3. The molecule has 2 aromatic rings. The maximum Gasteiger partial charge on any atom is 0.153 e. The Morgan fingerprint density at radius 2 is 2.19 bits per heavy atom. The van der Waals surface area contributed by atoms with Gasteiger partial charge in [0.2, 0.25) is 0 Å². The van der Waals surface area contributed by atoms with Gasteiger partial charge in [-0.25, -0.2) is 4.98 Å². The molecule has 4 nitrogen and oxygen atoms in total. The SMILES string of the molecule is O=Cc1cc(-c2cn3c(n2)CCC3)ccc1OC1CCC1. The summed E-state index contributed by atoms with van der Waals surface area (Å²) in [7, 11) is 0. The van der Waals surface area contributed by atoms with Crippen molar-refractivity contribution >= 4 is 6.29 Å². The number of ether oxygens (including phenoxy) is 1. The molecule has 4 rings (SSSR count). The molecule has 21 heavy (non-hydrogen) atoms. The highest BCUT2D eigenvalue weighted by Gasteiger charge is 2.21. The molecule has 0 unspecified atom stereocenters. The van der Waals surface area contributed by atoms with Crippen LogP contribution in [0.1, 0.15) is 41.9 Å². The molecular weight excluding hydrogens is 264 g/mol. The topological polar surface area (TPSA) is 44.1 Å². The zero-order valence-corrected chi connectivity index (χ0v) is 11.9. The first-order chi connectivity index (χ1) is 10.3. The number of imidazole rings is 1. The van der Waals surface area contributed by atoms with Crippen LogP contribution < -0.4 is 4.74 Å². The van der Waals surface area contributed by atoms with Crippen LogP contribution in [-0.4, -0.2) is 21.9 Å². The van der Waals surface area contributed by atoms with E-state index in [0.29, 0.717) is 11.3 Å². The number of nitrogens with zero attached hydrogens (tertiary/aromatic N) is 2. The summed E-state index contributed by atoms with van der Waals surface area (Å²) in [6.45, 7) is 1.05. The summed E-state index contributed by atoms with van der Waals surface area (Å²) in [5, 5.41) is 0. The van der Waals surface area contributed by atoms with Crippen molar-refractivity contribution in [2.75, 3.05) is 0 Å². The summed E-state index contributed by atoms with van der Waals surface area (Å²) >= 11 is 0. The first-order valence-corrected chi connectivity index (χ1v) is 7.66. The molecule has 0 spiro atoms. The van der Waals surface area contributed by atoms with Gasteiger partial charge in [-0.3, -0.25) is 4.79 Å². The monoisotopic (exact) mass is 282 g/mol. The van der Waals surface area contributed by atoms with E-state index in [-0.39, 0.29) is 6.10 Å². The van der Waals surface area contributed by atoms with Crippen molar-refractivity contribution in [2.24, 2.45) is 0 Å². The number of carbonyl (C=O) groups excluding carboxylic acids is 1. The van der Waals surface area contributed by atoms with E-state index in [9.17, 15) is 4.79 Å². The lowest BCUT2D eigenvalue weighted by Gasteiger charge is -2.27. The number of aldehydes is 1. The molecule has 108 valence electrons. The smallest absolute Gasteiger partial charge is 0.153 e. The van der Waals surface area contributed by atoms with Gasteiger partial charge in [0.15, 0.2) is 6.29 Å². The fourth-order valence-electron chi connectivity index (χ4n) is 2.97. The van der Waals surface area contributed by atoms with Gasteiger partial charge in [-0.1, -0.05) is 0 Å². The average molecular weight is 282 g/mol. The minimum atomic E-state index is 0.283. The van der Waals surface area contributed by atoms with Gasteiger partial charge in [0.1, 0.15) is 11.6 Å². The number of aromatic nitrogens is 2. The lowest BCUT2D eigenvalue weighted by molar-refractivity contribution is 0.107. The third-order valence-electron chi connectivity index (χ3n) is 4.44. The van der Waals surface area contributed by atoms with Crippen molar-refractivity contribution in [3.05, 3.63) is 35.8 Å². The molecule has 1 saturated carbocycles. The van der Waals surface area contributed by atoms with E-state index >= 15 is 0 Å². The lowest BCUT2D eigenvalue weighted by atomic mass is 9.96. The number of benzene rings is 1. The normalized spacial score (nSPS) is 17.3. The Morgan fingerprint density at radius 3 is 2.90 bits per heavy atom. The van der Waals surface area contributed by atoms with Crippen LogP contribution in [0.2, 0.25) is 0 Å². The van der Waals surface area contributed by atoms with Crippen LogP contribution in [-0.2, 0) is 13.0 Å². The maximum atomic E-state index is 11.3. The second-order valence-corrected chi connectivity index (χ2v) is 5.88. The number of carbonyl (C=O) groups is 1. The van der Waals surface area contributed by atoms with E-state index in [1.165, 1.54) is 12.8 Å². The van der Waals surface area contributed by atoms with Crippen molar-refractivity contribution in [3.8, 4) is 17.0 Å². The molecule has 0 atom stereocenters. The van der Waals surface area contributed by atoms with E-state index in [1.54, 1.807) is 0 Å². The molecule has 0 amide bonds. The molecule has 1 fully saturated rings. The Morgan fingerprint density at radius 1 is 1.29 bits per heavy atom. The number of hydrogen-bond acceptors (Lipinski definition) is 3. The number of hydrogen-bond donors (Lipinski definition) is 0. The fourth-order valence-corrected chi connectivity index (χ4v) is 2.97. The molecule has 0 saturated heterocycles. The molecule has 0 N–H and O–H groups in total. The van der Waals surface area contributed by atoms with E-state index in [0.717, 1.165) is 49.2 Å². The van der Waals surface area contributed by atoms with Crippen molar-refractivity contribution in [1.29, 1.82) is 0 Å². The second-order valence-electron chi connectivity index (χ2n) is 5.88. The molecule has 2 heterocycles. The number of fused-ring (bicyclic) bond motifs is 1. The van der Waals surface area contributed by atoms with Crippen LogP contribution in [0.4, 0.5) is 0 Å². The fraction of sp³-hybridized carbons (Fsp3) is 0.412. The molecule has 4 heteroatoms. The highest BCUT2D eigenvalue weighted by atomic mass is 16.5. The molecule has 0 radical (unpaired) electrons. The van der Waals surface area contributed by atoms with Crippen molar-refractivity contribution in [3.63, 3.8) is 0 Å². The highest BCUT2D eigenvalue weighted by molar-refractivity contribution is 5.82. The minimum Gasteiger partial charge on any atom is -0.490 e. The van der Waals surface area contributed by atoms with Gasteiger partial charge in [0, 0.05) is 24.7 Å². The second kappa shape index (κ2) is 5.02. The largest absolute Gasteiger partial charge is 0.490 e. The third kappa shape index (κ3) is 2.24. The summed E-state index contributed by atoms with van der Waals surface area (Å²) in [5.74, 6) is 1.85. The Bertz CT molecular complexity index is 665. The van der Waals surface area contributed by atoms with E-state index < -0.39 is 0 Å². The quantitative estimate of drug-likeness (QED) is 0.809. The third-order valence-corrected chi connectivity index (χ3v) is 4.44. The number of aryl methyl sites for hydroxylation is 2. The summed E-state index contributed by atoms with van der Waals surface area (Å²) in [6, 6.07) is 5.79. The van der Waals surface area contributed by atoms with Gasteiger partial charge < -0.3 is 9.30 Å². The Hall–Kier alpha value is -2.10. The molecular formula is C17H18N2O2. The summed E-state index contributed by atoms with van der Waals surface area (Å²) in [6.07, 6.45) is 8.87. The molecule has 1 aliphatic carbocycles.